The Morgan fingerprint density at radius 3 is 2.64 bits per heavy atom. The van der Waals surface area contributed by atoms with Crippen LogP contribution in [0.2, 0.25) is 0 Å². The quantitative estimate of drug-likeness (QED) is 0.574. The predicted molar refractivity (Wildman–Crippen MR) is 129 cm³/mol. The average Bonchev–Trinajstić information content (AvgIpc) is 3.19. The molecule has 180 valence electrons. The van der Waals surface area contributed by atoms with Crippen molar-refractivity contribution in [3.63, 3.8) is 0 Å². The van der Waals surface area contributed by atoms with Crippen LogP contribution in [0.5, 0.6) is 0 Å². The number of hydrogen-bond acceptors (Lipinski definition) is 5. The first-order valence-electron chi connectivity index (χ1n) is 12.4. The van der Waals surface area contributed by atoms with E-state index in [1.54, 1.807) is 0 Å². The first-order chi connectivity index (χ1) is 16.0. The van der Waals surface area contributed by atoms with Gasteiger partial charge in [-0.05, 0) is 89.1 Å². The molecule has 2 aliphatic rings. The first kappa shape index (κ1) is 23.5. The van der Waals surface area contributed by atoms with E-state index in [9.17, 15) is 9.59 Å². The van der Waals surface area contributed by atoms with Crippen molar-refractivity contribution in [3.05, 3.63) is 23.8 Å². The molecule has 1 aromatic carbocycles. The van der Waals surface area contributed by atoms with Gasteiger partial charge in [0.15, 0.2) is 0 Å². The third-order valence-electron chi connectivity index (χ3n) is 6.72. The van der Waals surface area contributed by atoms with E-state index < -0.39 is 6.09 Å². The molecule has 3 N–H and O–H groups in total. The van der Waals surface area contributed by atoms with Crippen LogP contribution in [0, 0.1) is 11.8 Å². The summed E-state index contributed by atoms with van der Waals surface area (Å²) in [5, 5.41) is 5.71. The van der Waals surface area contributed by atoms with Crippen LogP contribution in [0.15, 0.2) is 18.2 Å². The number of carbonyl (C=O) groups is 2. The topological polar surface area (TPSA) is 99.3 Å². The van der Waals surface area contributed by atoms with E-state index in [1.807, 2.05) is 19.9 Å². The second kappa shape index (κ2) is 11.0. The highest BCUT2D eigenvalue weighted by Gasteiger charge is 2.27. The monoisotopic (exact) mass is 455 g/mol. The number of rotatable bonds is 7. The molecular formula is C25H37N5O3. The van der Waals surface area contributed by atoms with Crippen molar-refractivity contribution in [2.75, 3.05) is 25.0 Å². The van der Waals surface area contributed by atoms with Crippen LogP contribution in [0.3, 0.4) is 0 Å². The van der Waals surface area contributed by atoms with E-state index in [4.69, 9.17) is 4.74 Å². The number of fused-ring (bicyclic) bond motifs is 1. The van der Waals surface area contributed by atoms with Gasteiger partial charge in [-0.2, -0.15) is 0 Å². The van der Waals surface area contributed by atoms with Gasteiger partial charge in [0.1, 0.15) is 0 Å². The van der Waals surface area contributed by atoms with Crippen LogP contribution >= 0.6 is 0 Å². The summed E-state index contributed by atoms with van der Waals surface area (Å²) in [5.41, 5.74) is 2.99. The number of benzene rings is 1. The number of piperidine rings is 1. The van der Waals surface area contributed by atoms with Crippen LogP contribution in [0.1, 0.15) is 64.4 Å². The molecule has 2 aromatic rings. The first-order valence-corrected chi connectivity index (χ1v) is 12.4. The van der Waals surface area contributed by atoms with E-state index in [-0.39, 0.29) is 17.9 Å². The number of nitrogens with one attached hydrogen (secondary N) is 3. The Kier molecular flexibility index (Phi) is 7.85. The highest BCUT2D eigenvalue weighted by atomic mass is 16.5. The Morgan fingerprint density at radius 1 is 1.15 bits per heavy atom. The van der Waals surface area contributed by atoms with Gasteiger partial charge in [0.2, 0.25) is 11.9 Å². The number of ether oxygens (including phenoxy) is 1. The second-order valence-electron chi connectivity index (χ2n) is 9.88. The number of hydrogen-bond donors (Lipinski definition) is 3. The molecule has 1 aliphatic carbocycles. The van der Waals surface area contributed by atoms with E-state index in [0.717, 1.165) is 56.4 Å². The van der Waals surface area contributed by atoms with Gasteiger partial charge in [0.05, 0.1) is 17.6 Å². The molecule has 2 amide bonds. The van der Waals surface area contributed by atoms with Crippen LogP contribution in [0.25, 0.3) is 11.0 Å². The summed E-state index contributed by atoms with van der Waals surface area (Å²) < 4.78 is 5.45. The SMILES string of the molecule is CC(C)NC(=O)C1CCC(COC(=O)Nc2nc3ccc(CN4CCCCC4)cc3[nH]2)CC1. The standard InChI is InChI=1S/C25H37N5O3/c1-17(2)26-23(31)20-9-6-18(7-10-20)16-33-25(32)29-24-27-21-11-8-19(14-22(21)28-24)15-30-12-4-3-5-13-30/h8,11,14,17-18,20H,3-7,9-10,12-13,15-16H2,1-2H3,(H,26,31)(H2,27,28,29,32). The zero-order chi connectivity index (χ0) is 23.2. The van der Waals surface area contributed by atoms with E-state index in [0.29, 0.717) is 18.5 Å². The lowest BCUT2D eigenvalue weighted by molar-refractivity contribution is -0.126. The largest absolute Gasteiger partial charge is 0.449 e. The number of aromatic amines is 1. The molecule has 2 heterocycles. The molecule has 8 heteroatoms. The fraction of sp³-hybridized carbons (Fsp3) is 0.640. The third-order valence-corrected chi connectivity index (χ3v) is 6.72. The van der Waals surface area contributed by atoms with Gasteiger partial charge in [0.25, 0.3) is 0 Å². The van der Waals surface area contributed by atoms with E-state index in [1.165, 1.54) is 24.8 Å². The zero-order valence-electron chi connectivity index (χ0n) is 19.9. The highest BCUT2D eigenvalue weighted by Crippen LogP contribution is 2.29. The number of amides is 2. The molecular weight excluding hydrogens is 418 g/mol. The minimum atomic E-state index is -0.498. The van der Waals surface area contributed by atoms with Crippen molar-refractivity contribution in [1.29, 1.82) is 0 Å². The van der Waals surface area contributed by atoms with Crippen LogP contribution in [0.4, 0.5) is 10.7 Å². The zero-order valence-corrected chi connectivity index (χ0v) is 19.9. The van der Waals surface area contributed by atoms with Gasteiger partial charge >= 0.3 is 6.09 Å². The lowest BCUT2D eigenvalue weighted by atomic mass is 9.82. The molecule has 1 aromatic heterocycles. The molecule has 0 atom stereocenters. The molecule has 1 saturated carbocycles. The average molecular weight is 456 g/mol. The second-order valence-corrected chi connectivity index (χ2v) is 9.88. The smallest absolute Gasteiger partial charge is 0.413 e. The van der Waals surface area contributed by atoms with Crippen molar-refractivity contribution in [3.8, 4) is 0 Å². The molecule has 8 nitrogen and oxygen atoms in total. The molecule has 0 bridgehead atoms. The Labute approximate surface area is 195 Å². The van der Waals surface area contributed by atoms with Gasteiger partial charge in [-0.3, -0.25) is 15.0 Å². The summed E-state index contributed by atoms with van der Waals surface area (Å²) in [6.45, 7) is 7.59. The lowest BCUT2D eigenvalue weighted by Crippen LogP contribution is -2.37. The fourth-order valence-electron chi connectivity index (χ4n) is 4.91. The van der Waals surface area contributed by atoms with Gasteiger partial charge in [-0.25, -0.2) is 9.78 Å². The van der Waals surface area contributed by atoms with E-state index in [2.05, 4.69) is 37.6 Å². The lowest BCUT2D eigenvalue weighted by Gasteiger charge is -2.27. The van der Waals surface area contributed by atoms with Gasteiger partial charge in [0, 0.05) is 18.5 Å². The number of aromatic nitrogens is 2. The summed E-state index contributed by atoms with van der Waals surface area (Å²) in [5.74, 6) is 0.921. The Morgan fingerprint density at radius 2 is 1.91 bits per heavy atom. The van der Waals surface area contributed by atoms with Crippen LogP contribution in [-0.4, -0.2) is 52.6 Å². The third kappa shape index (κ3) is 6.69. The summed E-state index contributed by atoms with van der Waals surface area (Å²) in [6.07, 6.45) is 6.87. The van der Waals surface area contributed by atoms with Crippen molar-refractivity contribution in [1.82, 2.24) is 20.2 Å². The van der Waals surface area contributed by atoms with Crippen molar-refractivity contribution >= 4 is 29.0 Å². The predicted octanol–water partition coefficient (Wildman–Crippen LogP) is 4.43. The maximum absolute atomic E-state index is 12.3. The summed E-state index contributed by atoms with van der Waals surface area (Å²) in [4.78, 5) is 34.6. The normalized spacial score (nSPS) is 21.8. The van der Waals surface area contributed by atoms with Crippen molar-refractivity contribution < 1.29 is 14.3 Å². The number of H-pyrrole nitrogens is 1. The number of anilines is 1. The Bertz CT molecular complexity index is 943. The maximum Gasteiger partial charge on any atom is 0.413 e. The molecule has 1 aliphatic heterocycles. The number of nitrogens with zero attached hydrogens (tertiary/aromatic N) is 2. The van der Waals surface area contributed by atoms with Crippen LogP contribution in [-0.2, 0) is 16.1 Å². The van der Waals surface area contributed by atoms with Crippen molar-refractivity contribution in [2.45, 2.75) is 71.4 Å². The number of imidazole rings is 1. The van der Waals surface area contributed by atoms with Gasteiger partial charge in [-0.1, -0.05) is 12.5 Å². The molecule has 0 spiro atoms. The maximum atomic E-state index is 12.3. The molecule has 1 saturated heterocycles. The number of likely N-dealkylation sites (tertiary alicyclic amines) is 1. The van der Waals surface area contributed by atoms with E-state index >= 15 is 0 Å². The van der Waals surface area contributed by atoms with Crippen molar-refractivity contribution in [2.24, 2.45) is 11.8 Å². The highest BCUT2D eigenvalue weighted by molar-refractivity contribution is 5.86. The minimum absolute atomic E-state index is 0.0767. The molecule has 33 heavy (non-hydrogen) atoms. The summed E-state index contributed by atoms with van der Waals surface area (Å²) in [7, 11) is 0. The fourth-order valence-corrected chi connectivity index (χ4v) is 4.91. The molecule has 0 radical (unpaired) electrons. The minimum Gasteiger partial charge on any atom is -0.449 e. The molecule has 0 unspecified atom stereocenters. The summed E-state index contributed by atoms with van der Waals surface area (Å²) >= 11 is 0. The molecule has 4 rings (SSSR count). The number of carbonyl (C=O) groups excluding carboxylic acids is 2. The Hall–Kier alpha value is -2.61. The van der Waals surface area contributed by atoms with Gasteiger partial charge < -0.3 is 15.0 Å². The summed E-state index contributed by atoms with van der Waals surface area (Å²) in [6, 6.07) is 6.39. The molecule has 2 fully saturated rings. The van der Waals surface area contributed by atoms with Crippen LogP contribution < -0.4 is 10.6 Å². The Balaban J connectivity index is 1.22. The van der Waals surface area contributed by atoms with Gasteiger partial charge in [-0.15, -0.1) is 0 Å².